The van der Waals surface area contributed by atoms with Crippen molar-refractivity contribution in [2.75, 3.05) is 5.75 Å². The highest BCUT2D eigenvalue weighted by Crippen LogP contribution is 2.42. The minimum atomic E-state index is -0.192. The molecule has 0 fully saturated rings. The average Bonchev–Trinajstić information content (AvgIpc) is 2.69. The van der Waals surface area contributed by atoms with Gasteiger partial charge >= 0.3 is 0 Å². The Morgan fingerprint density at radius 1 is 1.15 bits per heavy atom. The van der Waals surface area contributed by atoms with E-state index in [9.17, 15) is 4.79 Å². The lowest BCUT2D eigenvalue weighted by molar-refractivity contribution is -0.122. The topological polar surface area (TPSA) is 38.3 Å². The van der Waals surface area contributed by atoms with Crippen LogP contribution in [0.15, 0.2) is 53.4 Å². The first kappa shape index (κ1) is 19.8. The number of hydrogen-bond donors (Lipinski definition) is 1. The summed E-state index contributed by atoms with van der Waals surface area (Å²) in [6.45, 7) is 6.41. The van der Waals surface area contributed by atoms with Crippen LogP contribution in [0.2, 0.25) is 0 Å². The molecular formula is C23H29NO2S. The lowest BCUT2D eigenvalue weighted by Gasteiger charge is -2.41. The molecule has 0 bridgehead atoms. The molecule has 2 aromatic carbocycles. The molecule has 3 rings (SSSR count). The van der Waals surface area contributed by atoms with Crippen LogP contribution in [0.5, 0.6) is 5.75 Å². The van der Waals surface area contributed by atoms with Crippen molar-refractivity contribution in [3.05, 3.63) is 59.7 Å². The zero-order chi connectivity index (χ0) is 19.3. The van der Waals surface area contributed by atoms with Gasteiger partial charge < -0.3 is 10.1 Å². The standard InChI is InChI=1S/C23H29NO2S/c1-4-23(5-2)16-20(19-8-6-7-9-21(19)26-23)24-22(25)14-15-27-18-12-10-17(3)11-13-18/h6-13,20H,4-5,14-16H2,1-3H3,(H,24,25)/t20-/m1/s1. The van der Waals surface area contributed by atoms with Crippen molar-refractivity contribution >= 4 is 17.7 Å². The Bertz CT molecular complexity index is 768. The maximum absolute atomic E-state index is 12.6. The predicted molar refractivity (Wildman–Crippen MR) is 112 cm³/mol. The number of rotatable bonds is 7. The van der Waals surface area contributed by atoms with Crippen molar-refractivity contribution in [3.8, 4) is 5.75 Å². The summed E-state index contributed by atoms with van der Waals surface area (Å²) in [6.07, 6.45) is 3.22. The fraction of sp³-hybridized carbons (Fsp3) is 0.435. The van der Waals surface area contributed by atoms with Crippen LogP contribution in [0.25, 0.3) is 0 Å². The SMILES string of the molecule is CCC1(CC)C[C@@H](NC(=O)CCSc2ccc(C)cc2)c2ccccc2O1. The molecule has 0 unspecified atom stereocenters. The molecule has 1 N–H and O–H groups in total. The lowest BCUT2D eigenvalue weighted by atomic mass is 9.83. The van der Waals surface area contributed by atoms with Crippen molar-refractivity contribution in [3.63, 3.8) is 0 Å². The molecular weight excluding hydrogens is 354 g/mol. The van der Waals surface area contributed by atoms with E-state index in [1.165, 1.54) is 10.5 Å². The molecule has 1 amide bonds. The number of fused-ring (bicyclic) bond motifs is 1. The molecule has 1 aliphatic heterocycles. The van der Waals surface area contributed by atoms with Gasteiger partial charge in [-0.3, -0.25) is 4.79 Å². The second-order valence-electron chi connectivity index (χ2n) is 7.27. The Hall–Kier alpha value is -1.94. The van der Waals surface area contributed by atoms with Crippen molar-refractivity contribution < 1.29 is 9.53 Å². The van der Waals surface area contributed by atoms with E-state index in [-0.39, 0.29) is 17.6 Å². The van der Waals surface area contributed by atoms with Gasteiger partial charge in [-0.1, -0.05) is 49.7 Å². The first-order valence-electron chi connectivity index (χ1n) is 9.82. The van der Waals surface area contributed by atoms with Gasteiger partial charge in [0.1, 0.15) is 11.4 Å². The molecule has 144 valence electrons. The van der Waals surface area contributed by atoms with Crippen LogP contribution < -0.4 is 10.1 Å². The largest absolute Gasteiger partial charge is 0.487 e. The molecule has 27 heavy (non-hydrogen) atoms. The highest BCUT2D eigenvalue weighted by molar-refractivity contribution is 7.99. The Labute approximate surface area is 166 Å². The summed E-state index contributed by atoms with van der Waals surface area (Å²) in [5.41, 5.74) is 2.16. The van der Waals surface area contributed by atoms with Gasteiger partial charge in [-0.05, 0) is 38.0 Å². The molecule has 3 nitrogen and oxygen atoms in total. The van der Waals surface area contributed by atoms with Crippen molar-refractivity contribution in [1.82, 2.24) is 5.32 Å². The van der Waals surface area contributed by atoms with Crippen molar-refractivity contribution in [1.29, 1.82) is 0 Å². The Kier molecular flexibility index (Phi) is 6.48. The molecule has 1 heterocycles. The maximum Gasteiger partial charge on any atom is 0.221 e. The average molecular weight is 384 g/mol. The van der Waals surface area contributed by atoms with Gasteiger partial charge in [-0.15, -0.1) is 11.8 Å². The third-order valence-electron chi connectivity index (χ3n) is 5.44. The zero-order valence-corrected chi connectivity index (χ0v) is 17.3. The Morgan fingerprint density at radius 3 is 2.56 bits per heavy atom. The van der Waals surface area contributed by atoms with Crippen molar-refractivity contribution in [2.45, 2.75) is 63.0 Å². The molecule has 4 heteroatoms. The summed E-state index contributed by atoms with van der Waals surface area (Å²) < 4.78 is 6.32. The van der Waals surface area contributed by atoms with Gasteiger partial charge in [-0.25, -0.2) is 0 Å². The summed E-state index contributed by atoms with van der Waals surface area (Å²) >= 11 is 1.73. The third-order valence-corrected chi connectivity index (χ3v) is 6.45. The molecule has 0 aromatic heterocycles. The van der Waals surface area contributed by atoms with Crippen LogP contribution in [0.4, 0.5) is 0 Å². The minimum absolute atomic E-state index is 0.0201. The number of para-hydroxylation sites is 1. The second-order valence-corrected chi connectivity index (χ2v) is 8.43. The monoisotopic (exact) mass is 383 g/mol. The first-order valence-corrected chi connectivity index (χ1v) is 10.8. The third kappa shape index (κ3) is 4.86. The van der Waals surface area contributed by atoms with Crippen molar-refractivity contribution in [2.24, 2.45) is 0 Å². The number of carbonyl (C=O) groups is 1. The molecule has 0 radical (unpaired) electrons. The maximum atomic E-state index is 12.6. The van der Waals surface area contributed by atoms with Gasteiger partial charge in [0.15, 0.2) is 0 Å². The number of ether oxygens (including phenoxy) is 1. The number of thioether (sulfide) groups is 1. The predicted octanol–water partition coefficient (Wildman–Crippen LogP) is 5.68. The van der Waals surface area contributed by atoms with Crippen LogP contribution in [0, 0.1) is 6.92 Å². The summed E-state index contributed by atoms with van der Waals surface area (Å²) in [5, 5.41) is 3.26. The van der Waals surface area contributed by atoms with Gasteiger partial charge in [0.2, 0.25) is 5.91 Å². The van der Waals surface area contributed by atoms with Gasteiger partial charge in [0.25, 0.3) is 0 Å². The second kappa shape index (κ2) is 8.83. The molecule has 0 saturated carbocycles. The smallest absolute Gasteiger partial charge is 0.221 e. The fourth-order valence-corrected chi connectivity index (χ4v) is 4.44. The number of amides is 1. The van der Waals surface area contributed by atoms with Crippen LogP contribution in [-0.4, -0.2) is 17.3 Å². The van der Waals surface area contributed by atoms with E-state index in [4.69, 9.17) is 4.74 Å². The summed E-state index contributed by atoms with van der Waals surface area (Å²) in [7, 11) is 0. The van der Waals surface area contributed by atoms with Crippen LogP contribution >= 0.6 is 11.8 Å². The quantitative estimate of drug-likeness (QED) is 0.626. The van der Waals surface area contributed by atoms with E-state index in [1.807, 2.05) is 18.2 Å². The minimum Gasteiger partial charge on any atom is -0.487 e. The van der Waals surface area contributed by atoms with E-state index in [0.29, 0.717) is 6.42 Å². The summed E-state index contributed by atoms with van der Waals surface area (Å²) in [4.78, 5) is 13.8. The van der Waals surface area contributed by atoms with Gasteiger partial charge in [0.05, 0.1) is 6.04 Å². The lowest BCUT2D eigenvalue weighted by Crippen LogP contribution is -2.44. The number of benzene rings is 2. The molecule has 0 saturated heterocycles. The van der Waals surface area contributed by atoms with Gasteiger partial charge in [-0.2, -0.15) is 0 Å². The van der Waals surface area contributed by atoms with E-state index in [2.05, 4.69) is 56.4 Å². The van der Waals surface area contributed by atoms with E-state index in [1.54, 1.807) is 11.8 Å². The van der Waals surface area contributed by atoms with E-state index < -0.39 is 0 Å². The summed E-state index contributed by atoms with van der Waals surface area (Å²) in [5.74, 6) is 1.80. The van der Waals surface area contributed by atoms with Crippen LogP contribution in [-0.2, 0) is 4.79 Å². The molecule has 1 aliphatic rings. The highest BCUT2D eigenvalue weighted by atomic mass is 32.2. The van der Waals surface area contributed by atoms with Gasteiger partial charge in [0, 0.05) is 29.1 Å². The van der Waals surface area contributed by atoms with Crippen LogP contribution in [0.3, 0.4) is 0 Å². The normalized spacial score (nSPS) is 17.7. The number of aryl methyl sites for hydroxylation is 1. The van der Waals surface area contributed by atoms with Crippen LogP contribution in [0.1, 0.15) is 56.7 Å². The zero-order valence-electron chi connectivity index (χ0n) is 16.5. The molecule has 0 spiro atoms. The number of hydrogen-bond acceptors (Lipinski definition) is 3. The Morgan fingerprint density at radius 2 is 1.85 bits per heavy atom. The number of carbonyl (C=O) groups excluding carboxylic acids is 1. The highest BCUT2D eigenvalue weighted by Gasteiger charge is 2.38. The van der Waals surface area contributed by atoms with E-state index in [0.717, 1.165) is 36.3 Å². The Balaban J connectivity index is 1.61. The fourth-order valence-electron chi connectivity index (χ4n) is 3.59. The molecule has 0 aliphatic carbocycles. The van der Waals surface area contributed by atoms with E-state index >= 15 is 0 Å². The number of nitrogens with one attached hydrogen (secondary N) is 1. The molecule has 2 aromatic rings. The summed E-state index contributed by atoms with van der Waals surface area (Å²) in [6, 6.07) is 16.6. The molecule has 1 atom stereocenters. The first-order chi connectivity index (χ1) is 13.0.